The highest BCUT2D eigenvalue weighted by Gasteiger charge is 2.05. The molecule has 5 nitrogen and oxygen atoms in total. The quantitative estimate of drug-likeness (QED) is 0.773. The second-order valence-corrected chi connectivity index (χ2v) is 4.60. The van der Waals surface area contributed by atoms with Crippen molar-refractivity contribution in [3.05, 3.63) is 48.9 Å². The summed E-state index contributed by atoms with van der Waals surface area (Å²) in [7, 11) is 0. The zero-order valence-electron chi connectivity index (χ0n) is 11.8. The first-order valence-corrected chi connectivity index (χ1v) is 6.94. The van der Waals surface area contributed by atoms with Crippen LogP contribution in [0, 0.1) is 0 Å². The van der Waals surface area contributed by atoms with Crippen LogP contribution in [0.5, 0.6) is 11.6 Å². The fourth-order valence-corrected chi connectivity index (χ4v) is 2.02. The summed E-state index contributed by atoms with van der Waals surface area (Å²) >= 11 is 0. The van der Waals surface area contributed by atoms with Crippen LogP contribution in [0.2, 0.25) is 0 Å². The molecule has 1 N–H and O–H groups in total. The summed E-state index contributed by atoms with van der Waals surface area (Å²) in [5, 5.41) is 4.17. The molecule has 21 heavy (non-hydrogen) atoms. The molecule has 1 aromatic carbocycles. The van der Waals surface area contributed by atoms with Gasteiger partial charge >= 0.3 is 0 Å². The molecular formula is C16H16N4O. The predicted octanol–water partition coefficient (Wildman–Crippen LogP) is 3.64. The van der Waals surface area contributed by atoms with Crippen molar-refractivity contribution in [2.24, 2.45) is 0 Å². The first kappa shape index (κ1) is 13.3. The number of hydrogen-bond acceptors (Lipinski definition) is 5. The molecule has 3 aromatic rings. The van der Waals surface area contributed by atoms with E-state index in [-0.39, 0.29) is 0 Å². The SMILES string of the molecule is CCCNc1cc(Oc2cccc3ncccc23)ncn1. The van der Waals surface area contributed by atoms with Crippen LogP contribution in [0.3, 0.4) is 0 Å². The van der Waals surface area contributed by atoms with Gasteiger partial charge in [0.25, 0.3) is 0 Å². The highest BCUT2D eigenvalue weighted by atomic mass is 16.5. The van der Waals surface area contributed by atoms with E-state index in [2.05, 4.69) is 27.2 Å². The molecule has 0 unspecified atom stereocenters. The molecule has 0 saturated heterocycles. The van der Waals surface area contributed by atoms with E-state index in [0.29, 0.717) is 5.88 Å². The zero-order valence-corrected chi connectivity index (χ0v) is 11.8. The van der Waals surface area contributed by atoms with Gasteiger partial charge in [-0.25, -0.2) is 9.97 Å². The number of fused-ring (bicyclic) bond motifs is 1. The smallest absolute Gasteiger partial charge is 0.224 e. The van der Waals surface area contributed by atoms with Crippen molar-refractivity contribution in [2.75, 3.05) is 11.9 Å². The molecular weight excluding hydrogens is 264 g/mol. The Morgan fingerprint density at radius 2 is 2.05 bits per heavy atom. The lowest BCUT2D eigenvalue weighted by Crippen LogP contribution is -2.02. The molecule has 0 atom stereocenters. The standard InChI is InChI=1S/C16H16N4O/c1-2-8-18-15-10-16(20-11-19-15)21-14-7-3-6-13-12(14)5-4-9-17-13/h3-7,9-11H,2,8H2,1H3,(H,18,19,20). The maximum atomic E-state index is 5.88. The van der Waals surface area contributed by atoms with Gasteiger partial charge in [0.05, 0.1) is 5.52 Å². The van der Waals surface area contributed by atoms with Crippen molar-refractivity contribution in [3.63, 3.8) is 0 Å². The number of aromatic nitrogens is 3. The lowest BCUT2D eigenvalue weighted by atomic mass is 10.2. The molecule has 2 aromatic heterocycles. The molecule has 0 radical (unpaired) electrons. The van der Waals surface area contributed by atoms with Gasteiger partial charge in [-0.15, -0.1) is 0 Å². The van der Waals surface area contributed by atoms with E-state index in [1.165, 1.54) is 6.33 Å². The molecule has 0 amide bonds. The van der Waals surface area contributed by atoms with Crippen molar-refractivity contribution < 1.29 is 4.74 Å². The van der Waals surface area contributed by atoms with Crippen molar-refractivity contribution >= 4 is 16.7 Å². The highest BCUT2D eigenvalue weighted by molar-refractivity contribution is 5.85. The average molecular weight is 280 g/mol. The van der Waals surface area contributed by atoms with Gasteiger partial charge in [-0.05, 0) is 30.7 Å². The average Bonchev–Trinajstić information content (AvgIpc) is 2.54. The van der Waals surface area contributed by atoms with Crippen LogP contribution in [0.1, 0.15) is 13.3 Å². The van der Waals surface area contributed by atoms with Gasteiger partial charge in [-0.1, -0.05) is 13.0 Å². The van der Waals surface area contributed by atoms with Gasteiger partial charge < -0.3 is 10.1 Å². The molecule has 0 aliphatic rings. The largest absolute Gasteiger partial charge is 0.438 e. The fourth-order valence-electron chi connectivity index (χ4n) is 2.02. The topological polar surface area (TPSA) is 59.9 Å². The van der Waals surface area contributed by atoms with Crippen LogP contribution < -0.4 is 10.1 Å². The summed E-state index contributed by atoms with van der Waals surface area (Å²) in [6.07, 6.45) is 4.30. The van der Waals surface area contributed by atoms with Crippen LogP contribution in [0.15, 0.2) is 48.9 Å². The van der Waals surface area contributed by atoms with E-state index in [1.54, 1.807) is 12.3 Å². The van der Waals surface area contributed by atoms with Crippen LogP contribution in [-0.2, 0) is 0 Å². The van der Waals surface area contributed by atoms with Crippen molar-refractivity contribution in [1.82, 2.24) is 15.0 Å². The van der Waals surface area contributed by atoms with Gasteiger partial charge in [-0.2, -0.15) is 0 Å². The summed E-state index contributed by atoms with van der Waals surface area (Å²) < 4.78 is 5.88. The number of ether oxygens (including phenoxy) is 1. The monoisotopic (exact) mass is 280 g/mol. The summed E-state index contributed by atoms with van der Waals surface area (Å²) in [4.78, 5) is 12.6. The number of anilines is 1. The Balaban J connectivity index is 1.88. The van der Waals surface area contributed by atoms with Gasteiger partial charge in [0.2, 0.25) is 5.88 Å². The van der Waals surface area contributed by atoms with E-state index in [0.717, 1.165) is 35.4 Å². The summed E-state index contributed by atoms with van der Waals surface area (Å²) in [5.41, 5.74) is 0.897. The lowest BCUT2D eigenvalue weighted by molar-refractivity contribution is 0.467. The van der Waals surface area contributed by atoms with Crippen LogP contribution in [0.4, 0.5) is 5.82 Å². The fraction of sp³-hybridized carbons (Fsp3) is 0.188. The Labute approximate surface area is 123 Å². The number of hydrogen-bond donors (Lipinski definition) is 1. The maximum absolute atomic E-state index is 5.88. The van der Waals surface area contributed by atoms with Crippen molar-refractivity contribution in [2.45, 2.75) is 13.3 Å². The third kappa shape index (κ3) is 3.08. The normalized spacial score (nSPS) is 10.5. The van der Waals surface area contributed by atoms with Crippen molar-refractivity contribution in [1.29, 1.82) is 0 Å². The summed E-state index contributed by atoms with van der Waals surface area (Å²) in [6, 6.07) is 11.5. The lowest BCUT2D eigenvalue weighted by Gasteiger charge is -2.09. The third-order valence-corrected chi connectivity index (χ3v) is 3.02. The molecule has 2 heterocycles. The number of rotatable bonds is 5. The van der Waals surface area contributed by atoms with E-state index in [9.17, 15) is 0 Å². The molecule has 0 fully saturated rings. The van der Waals surface area contributed by atoms with Gasteiger partial charge in [0.15, 0.2) is 0 Å². The first-order chi connectivity index (χ1) is 10.4. The minimum atomic E-state index is 0.514. The van der Waals surface area contributed by atoms with E-state index < -0.39 is 0 Å². The minimum Gasteiger partial charge on any atom is -0.438 e. The second-order valence-electron chi connectivity index (χ2n) is 4.60. The zero-order chi connectivity index (χ0) is 14.5. The molecule has 0 aliphatic heterocycles. The first-order valence-electron chi connectivity index (χ1n) is 6.94. The van der Waals surface area contributed by atoms with E-state index in [1.807, 2.05) is 30.3 Å². The Morgan fingerprint density at radius 3 is 2.95 bits per heavy atom. The highest BCUT2D eigenvalue weighted by Crippen LogP contribution is 2.28. The number of benzene rings is 1. The molecule has 0 bridgehead atoms. The minimum absolute atomic E-state index is 0.514. The molecule has 106 valence electrons. The molecule has 0 aliphatic carbocycles. The van der Waals surface area contributed by atoms with Crippen LogP contribution >= 0.6 is 0 Å². The van der Waals surface area contributed by atoms with Crippen LogP contribution in [0.25, 0.3) is 10.9 Å². The van der Waals surface area contributed by atoms with Gasteiger partial charge in [-0.3, -0.25) is 4.98 Å². The number of nitrogens with one attached hydrogen (secondary N) is 1. The molecule has 0 saturated carbocycles. The molecule has 0 spiro atoms. The van der Waals surface area contributed by atoms with Crippen molar-refractivity contribution in [3.8, 4) is 11.6 Å². The van der Waals surface area contributed by atoms with E-state index in [4.69, 9.17) is 4.74 Å². The number of pyridine rings is 1. The summed E-state index contributed by atoms with van der Waals surface area (Å²) in [5.74, 6) is 2.01. The van der Waals surface area contributed by atoms with E-state index >= 15 is 0 Å². The van der Waals surface area contributed by atoms with Crippen LogP contribution in [-0.4, -0.2) is 21.5 Å². The Hall–Kier alpha value is -2.69. The Bertz CT molecular complexity index is 740. The second kappa shape index (κ2) is 6.17. The molecule has 3 rings (SSSR count). The summed E-state index contributed by atoms with van der Waals surface area (Å²) in [6.45, 7) is 2.98. The predicted molar refractivity (Wildman–Crippen MR) is 82.6 cm³/mol. The molecule has 5 heteroatoms. The third-order valence-electron chi connectivity index (χ3n) is 3.02. The Kier molecular flexibility index (Phi) is 3.91. The number of nitrogens with zero attached hydrogens (tertiary/aromatic N) is 3. The Morgan fingerprint density at radius 1 is 1.10 bits per heavy atom. The maximum Gasteiger partial charge on any atom is 0.224 e. The van der Waals surface area contributed by atoms with Gasteiger partial charge in [0, 0.05) is 24.2 Å². The van der Waals surface area contributed by atoms with Gasteiger partial charge in [0.1, 0.15) is 17.9 Å².